The molecule has 2 N–H and O–H groups in total. The number of nitrogens with one attached hydrogen (secondary N) is 1. The van der Waals surface area contributed by atoms with Gasteiger partial charge in [0, 0.05) is 26.1 Å². The topological polar surface area (TPSA) is 82.1 Å². The van der Waals surface area contributed by atoms with E-state index >= 15 is 0 Å². The molecule has 0 bridgehead atoms. The number of halogens is 1. The lowest BCUT2D eigenvalue weighted by atomic mass is 9.85. The van der Waals surface area contributed by atoms with Crippen molar-refractivity contribution in [2.24, 2.45) is 11.3 Å². The first-order valence-corrected chi connectivity index (χ1v) is 14.7. The van der Waals surface area contributed by atoms with Gasteiger partial charge in [-0.15, -0.1) is 0 Å². The van der Waals surface area contributed by atoms with Crippen LogP contribution in [-0.4, -0.2) is 85.3 Å². The van der Waals surface area contributed by atoms with Gasteiger partial charge >= 0.3 is 6.09 Å². The van der Waals surface area contributed by atoms with Crippen molar-refractivity contribution in [3.8, 4) is 0 Å². The fourth-order valence-corrected chi connectivity index (χ4v) is 6.19. The fourth-order valence-electron chi connectivity index (χ4n) is 5.15. The second-order valence-electron chi connectivity index (χ2n) is 12.6. The Morgan fingerprint density at radius 3 is 2.28 bits per heavy atom. The quantitative estimate of drug-likeness (QED) is 0.611. The van der Waals surface area contributed by atoms with E-state index in [9.17, 15) is 19.1 Å². The van der Waals surface area contributed by atoms with Crippen LogP contribution in [0.25, 0.3) is 0 Å². The number of nitrogens with zero attached hydrogens (tertiary/aromatic N) is 2. The average molecular weight is 472 g/mol. The van der Waals surface area contributed by atoms with Crippen LogP contribution in [0.15, 0.2) is 0 Å². The normalized spacial score (nSPS) is 33.7. The van der Waals surface area contributed by atoms with Gasteiger partial charge in [0.1, 0.15) is 6.17 Å². The van der Waals surface area contributed by atoms with Crippen LogP contribution < -0.4 is 5.32 Å². The van der Waals surface area contributed by atoms with Crippen LogP contribution >= 0.6 is 0 Å². The van der Waals surface area contributed by atoms with Crippen LogP contribution in [0.1, 0.15) is 54.4 Å². The first-order chi connectivity index (χ1) is 14.5. The van der Waals surface area contributed by atoms with E-state index in [2.05, 4.69) is 60.0 Å². The maximum Gasteiger partial charge on any atom is 0.407 e. The van der Waals surface area contributed by atoms with E-state index in [4.69, 9.17) is 4.43 Å². The second-order valence-corrected chi connectivity index (χ2v) is 17.4. The summed E-state index contributed by atoms with van der Waals surface area (Å²) < 4.78 is 20.3. The smallest absolute Gasteiger partial charge is 0.407 e. The number of piperazine rings is 1. The van der Waals surface area contributed by atoms with Crippen LogP contribution in [0.3, 0.4) is 0 Å². The number of carbonyl (C=O) groups is 2. The van der Waals surface area contributed by atoms with Crippen molar-refractivity contribution in [1.29, 1.82) is 0 Å². The van der Waals surface area contributed by atoms with Gasteiger partial charge in [0.15, 0.2) is 8.32 Å². The number of amides is 2. The van der Waals surface area contributed by atoms with Gasteiger partial charge < -0.3 is 19.7 Å². The summed E-state index contributed by atoms with van der Waals surface area (Å²) in [5, 5.41) is 13.1. The molecular weight excluding hydrogens is 429 g/mol. The highest BCUT2D eigenvalue weighted by molar-refractivity contribution is 6.74. The van der Waals surface area contributed by atoms with Crippen molar-refractivity contribution in [3.05, 3.63) is 0 Å². The standard InChI is InChI=1S/C23H42FN3O4Si/c1-21(2,3)18-10-23(18)14-26(19(28)17-9-15(24)11-25-17)16(12-27(23)20(29)30)13-31-32(7,8)22(4,5)6/h15-18,25H,9-14H2,1-8H3,(H,29,30)/t15-,16+,17+,18?,23?/m1/s1. The number of carboxylic acid groups (broad SMARTS) is 1. The van der Waals surface area contributed by atoms with Gasteiger partial charge in [0.25, 0.3) is 0 Å². The summed E-state index contributed by atoms with van der Waals surface area (Å²) in [6, 6.07) is -0.930. The SMILES string of the molecule is CC(C)(C)C1CC12CN(C(=O)[C@@H]1C[C@@H](F)CN1)[C@H](CO[Si](C)(C)C(C)(C)C)CN2C(=O)O. The van der Waals surface area contributed by atoms with Gasteiger partial charge in [-0.25, -0.2) is 9.18 Å². The molecule has 32 heavy (non-hydrogen) atoms. The van der Waals surface area contributed by atoms with Crippen molar-refractivity contribution in [2.45, 2.75) is 96.3 Å². The summed E-state index contributed by atoms with van der Waals surface area (Å²) in [5.41, 5.74) is -0.635. The zero-order chi connectivity index (χ0) is 24.3. The Kier molecular flexibility index (Phi) is 6.54. The summed E-state index contributed by atoms with van der Waals surface area (Å²) >= 11 is 0. The van der Waals surface area contributed by atoms with E-state index in [0.717, 1.165) is 6.42 Å². The predicted octanol–water partition coefficient (Wildman–Crippen LogP) is 3.70. The molecule has 2 amide bonds. The van der Waals surface area contributed by atoms with Crippen LogP contribution in [0.5, 0.6) is 0 Å². The number of hydrogen-bond acceptors (Lipinski definition) is 4. The zero-order valence-corrected chi connectivity index (χ0v) is 22.0. The third-order valence-corrected chi connectivity index (χ3v) is 12.7. The number of alkyl halides is 1. The van der Waals surface area contributed by atoms with E-state index < -0.39 is 32.2 Å². The van der Waals surface area contributed by atoms with E-state index in [1.807, 2.05) is 4.90 Å². The van der Waals surface area contributed by atoms with E-state index in [0.29, 0.717) is 13.2 Å². The Hall–Kier alpha value is -1.19. The van der Waals surface area contributed by atoms with Crippen LogP contribution in [0.4, 0.5) is 9.18 Å². The summed E-state index contributed by atoms with van der Waals surface area (Å²) in [5.74, 6) is 0.0482. The molecule has 0 aromatic heterocycles. The predicted molar refractivity (Wildman–Crippen MR) is 125 cm³/mol. The zero-order valence-electron chi connectivity index (χ0n) is 21.0. The van der Waals surface area contributed by atoms with Crippen molar-refractivity contribution in [3.63, 3.8) is 0 Å². The van der Waals surface area contributed by atoms with Gasteiger partial charge in [-0.1, -0.05) is 41.5 Å². The van der Waals surface area contributed by atoms with Gasteiger partial charge in [-0.05, 0) is 35.9 Å². The summed E-state index contributed by atoms with van der Waals surface area (Å²) in [6.45, 7) is 18.2. The molecule has 1 aliphatic carbocycles. The Bertz CT molecular complexity index is 751. The molecule has 0 radical (unpaired) electrons. The van der Waals surface area contributed by atoms with Crippen LogP contribution in [-0.2, 0) is 9.22 Å². The average Bonchev–Trinajstić information content (AvgIpc) is 3.20. The Balaban J connectivity index is 1.88. The third kappa shape index (κ3) is 4.70. The molecule has 5 atom stereocenters. The Morgan fingerprint density at radius 1 is 1.22 bits per heavy atom. The van der Waals surface area contributed by atoms with Crippen LogP contribution in [0.2, 0.25) is 18.1 Å². The molecular formula is C23H42FN3O4Si. The lowest BCUT2D eigenvalue weighted by Crippen LogP contribution is -2.67. The van der Waals surface area contributed by atoms with E-state index in [1.165, 1.54) is 0 Å². The van der Waals surface area contributed by atoms with Crippen molar-refractivity contribution < 1.29 is 23.5 Å². The van der Waals surface area contributed by atoms with Gasteiger partial charge in [0.05, 0.1) is 24.2 Å². The van der Waals surface area contributed by atoms with Crippen molar-refractivity contribution >= 4 is 20.3 Å². The molecule has 2 unspecified atom stereocenters. The van der Waals surface area contributed by atoms with Gasteiger partial charge in [-0.2, -0.15) is 0 Å². The van der Waals surface area contributed by atoms with E-state index in [1.54, 1.807) is 4.90 Å². The first kappa shape index (κ1) is 25.4. The lowest BCUT2D eigenvalue weighted by Gasteiger charge is -2.49. The highest BCUT2D eigenvalue weighted by atomic mass is 28.4. The Morgan fingerprint density at radius 2 is 1.84 bits per heavy atom. The number of rotatable bonds is 4. The minimum Gasteiger partial charge on any atom is -0.465 e. The summed E-state index contributed by atoms with van der Waals surface area (Å²) in [7, 11) is -2.09. The highest BCUT2D eigenvalue weighted by Gasteiger charge is 2.67. The van der Waals surface area contributed by atoms with E-state index in [-0.39, 0.29) is 47.8 Å². The molecule has 0 aromatic rings. The monoisotopic (exact) mass is 471 g/mol. The minimum absolute atomic E-state index is 0.00644. The highest BCUT2D eigenvalue weighted by Crippen LogP contribution is 2.59. The summed E-state index contributed by atoms with van der Waals surface area (Å²) in [4.78, 5) is 29.2. The van der Waals surface area contributed by atoms with Crippen molar-refractivity contribution in [2.75, 3.05) is 26.2 Å². The maximum atomic E-state index is 13.8. The summed E-state index contributed by atoms with van der Waals surface area (Å²) in [6.07, 6.45) is -1.05. The molecule has 3 aliphatic rings. The maximum absolute atomic E-state index is 13.8. The largest absolute Gasteiger partial charge is 0.465 e. The molecule has 2 heterocycles. The molecule has 2 aliphatic heterocycles. The number of carbonyl (C=O) groups excluding carboxylic acids is 1. The molecule has 3 fully saturated rings. The molecule has 184 valence electrons. The number of hydrogen-bond donors (Lipinski definition) is 2. The van der Waals surface area contributed by atoms with Gasteiger partial charge in [0.2, 0.25) is 5.91 Å². The molecule has 1 spiro atoms. The molecule has 1 saturated carbocycles. The van der Waals surface area contributed by atoms with Gasteiger partial charge in [-0.3, -0.25) is 9.69 Å². The van der Waals surface area contributed by atoms with Crippen molar-refractivity contribution in [1.82, 2.24) is 15.1 Å². The molecule has 3 rings (SSSR count). The molecule has 0 aromatic carbocycles. The molecule has 2 saturated heterocycles. The van der Waals surface area contributed by atoms with Crippen LogP contribution in [0, 0.1) is 11.3 Å². The lowest BCUT2D eigenvalue weighted by molar-refractivity contribution is -0.142. The second kappa shape index (κ2) is 8.23. The Labute approximate surface area is 193 Å². The molecule has 9 heteroatoms. The first-order valence-electron chi connectivity index (χ1n) is 11.8. The molecule has 7 nitrogen and oxygen atoms in total. The third-order valence-electron chi connectivity index (χ3n) is 8.24. The fraction of sp³-hybridized carbons (Fsp3) is 0.913. The minimum atomic E-state index is -2.09.